The lowest BCUT2D eigenvalue weighted by molar-refractivity contribution is 0.0240. The zero-order chi connectivity index (χ0) is 36.4. The summed E-state index contributed by atoms with van der Waals surface area (Å²) in [4.78, 5) is 36.7. The molecule has 3 aromatic heterocycles. The molecule has 2 saturated heterocycles. The smallest absolute Gasteiger partial charge is 0.410 e. The maximum atomic E-state index is 12.4. The highest BCUT2D eigenvalue weighted by atomic mass is 32.2. The molecule has 4 aromatic rings. The predicted molar refractivity (Wildman–Crippen MR) is 203 cm³/mol. The van der Waals surface area contributed by atoms with Gasteiger partial charge in [-0.25, -0.2) is 33.1 Å². The SMILES string of the molecule is CC(C)(C)OC(=O)N1CCN(c2ncc(Nc3ccc(-c4cc5c(N6CCS(=O)(=O)CC6)ncnc5n4COCC[Si](C)(C)C)cc3)cn2)CC1. The number of fused-ring (bicyclic) bond motifs is 1. The van der Waals surface area contributed by atoms with E-state index in [2.05, 4.69) is 72.6 Å². The summed E-state index contributed by atoms with van der Waals surface area (Å²) < 4.78 is 38.1. The normalized spacial score (nSPS) is 16.8. The number of rotatable bonds is 10. The number of sulfone groups is 1. The summed E-state index contributed by atoms with van der Waals surface area (Å²) in [7, 11) is -4.30. The van der Waals surface area contributed by atoms with E-state index in [9.17, 15) is 13.2 Å². The van der Waals surface area contributed by atoms with Crippen LogP contribution in [0.25, 0.3) is 22.3 Å². The Kier molecular flexibility index (Phi) is 10.6. The molecule has 0 aliphatic carbocycles. The number of amides is 1. The summed E-state index contributed by atoms with van der Waals surface area (Å²) in [5.74, 6) is 1.58. The fourth-order valence-corrected chi connectivity index (χ4v) is 7.94. The number of anilines is 4. The average Bonchev–Trinajstić information content (AvgIpc) is 3.45. The van der Waals surface area contributed by atoms with E-state index in [1.807, 2.05) is 37.8 Å². The Morgan fingerprint density at radius 2 is 1.55 bits per heavy atom. The number of nitrogens with zero attached hydrogens (tertiary/aromatic N) is 8. The molecule has 0 radical (unpaired) electrons. The standard InChI is InChI=1S/C35H49N9O5SSi/c1-35(2,3)49-34(45)43-13-11-42(12-14-43)33-36-22-28(23-37-33)40-27-9-7-26(8-10-27)30-21-29-31(41-15-18-50(46,47)19-16-41)38-24-39-32(29)44(30)25-48-17-20-51(4,5)6/h7-10,21-24,40H,11-20,25H2,1-6H3. The fraction of sp³-hybridized carbons (Fsp3) is 0.514. The van der Waals surface area contributed by atoms with Crippen molar-refractivity contribution in [3.05, 3.63) is 49.1 Å². The maximum absolute atomic E-state index is 12.4. The van der Waals surface area contributed by atoms with E-state index < -0.39 is 23.5 Å². The number of piperazine rings is 1. The monoisotopic (exact) mass is 735 g/mol. The molecule has 5 heterocycles. The van der Waals surface area contributed by atoms with Crippen LogP contribution in [0.3, 0.4) is 0 Å². The molecule has 274 valence electrons. The third-order valence-electron chi connectivity index (χ3n) is 8.85. The molecule has 6 rings (SSSR count). The van der Waals surface area contributed by atoms with Crippen molar-refractivity contribution in [2.45, 2.75) is 58.8 Å². The molecule has 0 saturated carbocycles. The van der Waals surface area contributed by atoms with Crippen LogP contribution in [0.4, 0.5) is 27.9 Å². The summed E-state index contributed by atoms with van der Waals surface area (Å²) >= 11 is 0. The van der Waals surface area contributed by atoms with Gasteiger partial charge >= 0.3 is 6.09 Å². The second-order valence-electron chi connectivity index (χ2n) is 15.3. The van der Waals surface area contributed by atoms with Gasteiger partial charge in [-0.3, -0.25) is 0 Å². The van der Waals surface area contributed by atoms with Gasteiger partial charge in [0.2, 0.25) is 5.95 Å². The number of ether oxygens (including phenoxy) is 2. The number of hydrogen-bond donors (Lipinski definition) is 1. The number of benzene rings is 1. The highest BCUT2D eigenvalue weighted by Crippen LogP contribution is 2.33. The van der Waals surface area contributed by atoms with Gasteiger partial charge in [0.15, 0.2) is 9.84 Å². The van der Waals surface area contributed by atoms with Gasteiger partial charge in [0.05, 0.1) is 40.7 Å². The molecule has 1 N–H and O–H groups in total. The summed E-state index contributed by atoms with van der Waals surface area (Å²) in [6.45, 7) is 16.8. The predicted octanol–water partition coefficient (Wildman–Crippen LogP) is 5.24. The lowest BCUT2D eigenvalue weighted by Crippen LogP contribution is -2.50. The number of carbonyl (C=O) groups excluding carboxylic acids is 1. The van der Waals surface area contributed by atoms with Crippen LogP contribution in [0.1, 0.15) is 20.8 Å². The van der Waals surface area contributed by atoms with Crippen LogP contribution in [-0.2, 0) is 26.0 Å². The lowest BCUT2D eigenvalue weighted by Gasteiger charge is -2.35. The van der Waals surface area contributed by atoms with E-state index in [1.54, 1.807) is 23.6 Å². The Morgan fingerprint density at radius 1 is 0.882 bits per heavy atom. The Hall–Kier alpha value is -4.28. The maximum Gasteiger partial charge on any atom is 0.410 e. The van der Waals surface area contributed by atoms with Crippen molar-refractivity contribution in [1.82, 2.24) is 29.4 Å². The van der Waals surface area contributed by atoms with Crippen LogP contribution in [-0.4, -0.2) is 115 Å². The van der Waals surface area contributed by atoms with Gasteiger partial charge in [0, 0.05) is 59.6 Å². The van der Waals surface area contributed by atoms with Crippen molar-refractivity contribution in [1.29, 1.82) is 0 Å². The third-order valence-corrected chi connectivity index (χ3v) is 12.2. The van der Waals surface area contributed by atoms with Crippen LogP contribution < -0.4 is 15.1 Å². The highest BCUT2D eigenvalue weighted by Gasteiger charge is 2.28. The first-order chi connectivity index (χ1) is 24.1. The zero-order valence-corrected chi connectivity index (χ0v) is 32.2. The van der Waals surface area contributed by atoms with Crippen LogP contribution in [0.15, 0.2) is 49.1 Å². The van der Waals surface area contributed by atoms with Gasteiger partial charge in [-0.1, -0.05) is 31.8 Å². The summed E-state index contributed by atoms with van der Waals surface area (Å²) in [5, 5.41) is 4.26. The highest BCUT2D eigenvalue weighted by molar-refractivity contribution is 7.91. The molecule has 51 heavy (non-hydrogen) atoms. The molecular weight excluding hydrogens is 687 g/mol. The topological polar surface area (TPSA) is 148 Å². The van der Waals surface area contributed by atoms with E-state index in [-0.39, 0.29) is 17.6 Å². The van der Waals surface area contributed by atoms with Crippen molar-refractivity contribution in [2.24, 2.45) is 0 Å². The second kappa shape index (κ2) is 14.8. The summed E-state index contributed by atoms with van der Waals surface area (Å²) in [5.41, 5.74) is 3.79. The molecule has 0 atom stereocenters. The minimum Gasteiger partial charge on any atom is -0.444 e. The van der Waals surface area contributed by atoms with Crippen LogP contribution in [0.5, 0.6) is 0 Å². The molecule has 2 aliphatic heterocycles. The Bertz CT molecular complexity index is 1920. The molecule has 14 nitrogen and oxygen atoms in total. The van der Waals surface area contributed by atoms with E-state index in [0.717, 1.165) is 45.5 Å². The van der Waals surface area contributed by atoms with Crippen LogP contribution >= 0.6 is 0 Å². The third kappa shape index (κ3) is 9.34. The van der Waals surface area contributed by atoms with Gasteiger partial charge in [-0.15, -0.1) is 0 Å². The van der Waals surface area contributed by atoms with Crippen molar-refractivity contribution in [3.63, 3.8) is 0 Å². The first kappa shape index (κ1) is 36.5. The molecule has 0 spiro atoms. The average molecular weight is 736 g/mol. The number of hydrogen-bond acceptors (Lipinski definition) is 12. The quantitative estimate of drug-likeness (QED) is 0.168. The molecule has 16 heteroatoms. The summed E-state index contributed by atoms with van der Waals surface area (Å²) in [6.07, 6.45) is 4.78. The van der Waals surface area contributed by atoms with E-state index in [4.69, 9.17) is 9.47 Å². The second-order valence-corrected chi connectivity index (χ2v) is 23.2. The minimum absolute atomic E-state index is 0.112. The van der Waals surface area contributed by atoms with Gasteiger partial charge in [0.25, 0.3) is 0 Å². The van der Waals surface area contributed by atoms with E-state index >= 15 is 0 Å². The molecule has 2 fully saturated rings. The molecular formula is C35H49N9O5SSi. The first-order valence-electron chi connectivity index (χ1n) is 17.4. The van der Waals surface area contributed by atoms with Crippen molar-refractivity contribution >= 4 is 58.2 Å². The molecule has 1 amide bonds. The Balaban J connectivity index is 1.16. The van der Waals surface area contributed by atoms with Gasteiger partial charge in [-0.05, 0) is 50.6 Å². The zero-order valence-electron chi connectivity index (χ0n) is 30.4. The summed E-state index contributed by atoms with van der Waals surface area (Å²) in [6, 6.07) is 11.3. The van der Waals surface area contributed by atoms with Crippen molar-refractivity contribution < 1.29 is 22.7 Å². The lowest BCUT2D eigenvalue weighted by atomic mass is 10.1. The number of nitrogens with one attached hydrogen (secondary N) is 1. The first-order valence-corrected chi connectivity index (χ1v) is 23.0. The molecule has 0 unspecified atom stereocenters. The molecule has 1 aromatic carbocycles. The van der Waals surface area contributed by atoms with Gasteiger partial charge < -0.3 is 34.1 Å². The Labute approximate surface area is 301 Å². The number of aromatic nitrogens is 5. The molecule has 0 bridgehead atoms. The van der Waals surface area contributed by atoms with Crippen molar-refractivity contribution in [2.75, 3.05) is 72.5 Å². The van der Waals surface area contributed by atoms with E-state index in [0.29, 0.717) is 58.6 Å². The van der Waals surface area contributed by atoms with Crippen LogP contribution in [0.2, 0.25) is 25.7 Å². The fourth-order valence-electron chi connectivity index (χ4n) is 5.99. The largest absolute Gasteiger partial charge is 0.444 e. The number of carbonyl (C=O) groups is 1. The van der Waals surface area contributed by atoms with Gasteiger partial charge in [0.1, 0.15) is 30.1 Å². The van der Waals surface area contributed by atoms with E-state index in [1.165, 1.54) is 0 Å². The van der Waals surface area contributed by atoms with Gasteiger partial charge in [-0.2, -0.15) is 0 Å². The van der Waals surface area contributed by atoms with Crippen LogP contribution in [0, 0.1) is 0 Å². The minimum atomic E-state index is -3.03. The molecule has 2 aliphatic rings. The van der Waals surface area contributed by atoms with Crippen molar-refractivity contribution in [3.8, 4) is 11.3 Å². The Morgan fingerprint density at radius 3 is 2.18 bits per heavy atom.